The van der Waals surface area contributed by atoms with Gasteiger partial charge in [0.15, 0.2) is 0 Å². The third-order valence-corrected chi connectivity index (χ3v) is 6.88. The summed E-state index contributed by atoms with van der Waals surface area (Å²) >= 11 is 0. The first-order valence-electron chi connectivity index (χ1n) is 11.5. The van der Waals surface area contributed by atoms with E-state index in [2.05, 4.69) is 49.1 Å². The predicted octanol–water partition coefficient (Wildman–Crippen LogP) is 6.21. The maximum absolute atomic E-state index is 10.5. The molecule has 1 aliphatic heterocycles. The largest absolute Gasteiger partial charge is 0.489 e. The van der Waals surface area contributed by atoms with E-state index < -0.39 is 5.41 Å². The van der Waals surface area contributed by atoms with Crippen LogP contribution >= 0.6 is 0 Å². The summed E-state index contributed by atoms with van der Waals surface area (Å²) in [5.74, 6) is 0.939. The highest BCUT2D eigenvalue weighted by Gasteiger charge is 2.39. The van der Waals surface area contributed by atoms with Crippen LogP contribution in [0.15, 0.2) is 91.0 Å². The first-order chi connectivity index (χ1) is 15.5. The lowest BCUT2D eigenvalue weighted by Gasteiger charge is -2.38. The van der Waals surface area contributed by atoms with Gasteiger partial charge in [-0.3, -0.25) is 4.90 Å². The summed E-state index contributed by atoms with van der Waals surface area (Å²) in [5.41, 5.74) is 1.45. The summed E-state index contributed by atoms with van der Waals surface area (Å²) in [5, 5.41) is 10.5. The topological polar surface area (TPSA) is 36.3 Å². The molecule has 0 spiro atoms. The molecule has 1 saturated heterocycles. The normalized spacial score (nSPS) is 17.1. The molecule has 3 nitrogen and oxygen atoms in total. The minimum absolute atomic E-state index is 0.0273. The van der Waals surface area contributed by atoms with E-state index >= 15 is 0 Å². The van der Waals surface area contributed by atoms with E-state index in [-0.39, 0.29) is 11.6 Å². The van der Waals surface area contributed by atoms with E-state index in [0.717, 1.165) is 49.2 Å². The van der Waals surface area contributed by atoms with Crippen LogP contribution in [0.3, 0.4) is 0 Å². The highest BCUT2D eigenvalue weighted by Crippen LogP contribution is 2.39. The molecule has 164 valence electrons. The van der Waals surface area contributed by atoms with Gasteiger partial charge in [0.05, 0.1) is 6.07 Å². The quantitative estimate of drug-likeness (QED) is 0.431. The van der Waals surface area contributed by atoms with E-state index in [0.29, 0.717) is 0 Å². The molecule has 1 atom stereocenters. The molecule has 3 aromatic carbocycles. The molecule has 3 aromatic rings. The zero-order chi connectivity index (χ0) is 22.4. The van der Waals surface area contributed by atoms with Gasteiger partial charge in [-0.05, 0) is 56.4 Å². The maximum atomic E-state index is 10.5. The molecule has 32 heavy (non-hydrogen) atoms. The van der Waals surface area contributed by atoms with E-state index in [9.17, 15) is 5.26 Å². The number of nitrogens with zero attached hydrogens (tertiary/aromatic N) is 2. The van der Waals surface area contributed by atoms with Gasteiger partial charge in [0.1, 0.15) is 17.3 Å². The van der Waals surface area contributed by atoms with Crippen LogP contribution in [0.1, 0.15) is 44.2 Å². The van der Waals surface area contributed by atoms with Crippen LogP contribution in [0.2, 0.25) is 0 Å². The molecule has 0 bridgehead atoms. The van der Waals surface area contributed by atoms with E-state index in [4.69, 9.17) is 4.74 Å². The van der Waals surface area contributed by atoms with Crippen molar-refractivity contribution < 1.29 is 4.74 Å². The summed E-state index contributed by atoms with van der Waals surface area (Å²) in [6.07, 6.45) is 2.92. The second kappa shape index (κ2) is 9.59. The lowest BCUT2D eigenvalue weighted by atomic mass is 9.70. The molecule has 3 heteroatoms. The van der Waals surface area contributed by atoms with E-state index in [1.165, 1.54) is 0 Å². The maximum Gasteiger partial charge on any atom is 0.119 e. The van der Waals surface area contributed by atoms with Gasteiger partial charge in [-0.15, -0.1) is 0 Å². The van der Waals surface area contributed by atoms with Crippen LogP contribution in [0.25, 0.3) is 0 Å². The monoisotopic (exact) mass is 424 g/mol. The van der Waals surface area contributed by atoms with Crippen LogP contribution in [0.4, 0.5) is 0 Å². The van der Waals surface area contributed by atoms with Gasteiger partial charge >= 0.3 is 0 Å². The number of nitriles is 1. The van der Waals surface area contributed by atoms with Crippen LogP contribution in [-0.4, -0.2) is 29.6 Å². The molecule has 0 aliphatic carbocycles. The summed E-state index contributed by atoms with van der Waals surface area (Å²) in [7, 11) is 0. The third kappa shape index (κ3) is 4.71. The Labute approximate surface area is 192 Å². The Morgan fingerprint density at radius 1 is 0.844 bits per heavy atom. The fourth-order valence-electron chi connectivity index (χ4n) is 4.80. The molecule has 1 aliphatic rings. The predicted molar refractivity (Wildman–Crippen MR) is 130 cm³/mol. The van der Waals surface area contributed by atoms with Gasteiger partial charge in [-0.1, -0.05) is 78.9 Å². The zero-order valence-corrected chi connectivity index (χ0v) is 19.1. The minimum atomic E-state index is -0.653. The summed E-state index contributed by atoms with van der Waals surface area (Å²) in [6.45, 7) is 6.53. The number of rotatable bonds is 8. The van der Waals surface area contributed by atoms with Gasteiger partial charge in [-0.25, -0.2) is 0 Å². The molecule has 1 heterocycles. The molecule has 0 N–H and O–H groups in total. The Balaban J connectivity index is 1.50. The Morgan fingerprint density at radius 2 is 1.38 bits per heavy atom. The molecule has 1 unspecified atom stereocenters. The number of hydrogen-bond acceptors (Lipinski definition) is 3. The average molecular weight is 425 g/mol. The van der Waals surface area contributed by atoms with Crippen molar-refractivity contribution in [1.82, 2.24) is 4.90 Å². The Kier molecular flexibility index (Phi) is 6.63. The van der Waals surface area contributed by atoms with Crippen LogP contribution in [0, 0.1) is 11.3 Å². The van der Waals surface area contributed by atoms with Crippen LogP contribution in [0.5, 0.6) is 5.75 Å². The van der Waals surface area contributed by atoms with Crippen molar-refractivity contribution in [3.8, 4) is 11.8 Å². The summed E-state index contributed by atoms with van der Waals surface area (Å²) in [6, 6.07) is 33.3. The standard InChI is InChI=1S/C29H32N2O/c1-28(2,31-21-18-27(22-31)32-26-16-10-5-11-17-26)19-20-29(23-30,24-12-6-3-7-13-24)25-14-8-4-9-15-25/h3-17,27H,18-22H2,1-2H3. The zero-order valence-electron chi connectivity index (χ0n) is 19.1. The molecule has 0 aromatic heterocycles. The van der Waals surface area contributed by atoms with Crippen molar-refractivity contribution in [1.29, 1.82) is 5.26 Å². The summed E-state index contributed by atoms with van der Waals surface area (Å²) < 4.78 is 6.21. The SMILES string of the molecule is CC(C)(CCC(C#N)(c1ccccc1)c1ccccc1)N1CCC(Oc2ccccc2)C1. The Morgan fingerprint density at radius 3 is 1.91 bits per heavy atom. The lowest BCUT2D eigenvalue weighted by molar-refractivity contribution is 0.114. The van der Waals surface area contributed by atoms with Crippen molar-refractivity contribution in [2.45, 2.75) is 50.2 Å². The number of likely N-dealkylation sites (tertiary alicyclic amines) is 1. The first-order valence-corrected chi connectivity index (χ1v) is 11.5. The van der Waals surface area contributed by atoms with Crippen molar-refractivity contribution in [2.24, 2.45) is 0 Å². The second-order valence-corrected chi connectivity index (χ2v) is 9.35. The molecule has 4 rings (SSSR count). The van der Waals surface area contributed by atoms with Crippen molar-refractivity contribution in [2.75, 3.05) is 13.1 Å². The second-order valence-electron chi connectivity index (χ2n) is 9.35. The van der Waals surface area contributed by atoms with Gasteiger partial charge in [-0.2, -0.15) is 5.26 Å². The molecule has 0 amide bonds. The van der Waals surface area contributed by atoms with E-state index in [1.807, 2.05) is 66.7 Å². The van der Waals surface area contributed by atoms with Gasteiger partial charge in [0.2, 0.25) is 0 Å². The highest BCUT2D eigenvalue weighted by molar-refractivity contribution is 5.45. The Hall–Kier alpha value is -3.09. The fraction of sp³-hybridized carbons (Fsp3) is 0.345. The van der Waals surface area contributed by atoms with Crippen molar-refractivity contribution in [3.05, 3.63) is 102 Å². The lowest BCUT2D eigenvalue weighted by Crippen LogP contribution is -2.44. The number of hydrogen-bond donors (Lipinski definition) is 0. The number of benzene rings is 3. The minimum Gasteiger partial charge on any atom is -0.489 e. The van der Waals surface area contributed by atoms with Crippen LogP contribution < -0.4 is 4.74 Å². The number of para-hydroxylation sites is 1. The fourth-order valence-corrected chi connectivity index (χ4v) is 4.80. The van der Waals surface area contributed by atoms with Crippen molar-refractivity contribution in [3.63, 3.8) is 0 Å². The molecule has 1 fully saturated rings. The van der Waals surface area contributed by atoms with E-state index in [1.54, 1.807) is 0 Å². The van der Waals surface area contributed by atoms with Crippen LogP contribution in [-0.2, 0) is 5.41 Å². The highest BCUT2D eigenvalue weighted by atomic mass is 16.5. The van der Waals surface area contributed by atoms with Gasteiger partial charge in [0.25, 0.3) is 0 Å². The Bertz CT molecular complexity index is 986. The number of ether oxygens (including phenoxy) is 1. The van der Waals surface area contributed by atoms with Gasteiger partial charge < -0.3 is 4.74 Å². The molecular formula is C29H32N2O. The van der Waals surface area contributed by atoms with Gasteiger partial charge in [0, 0.05) is 18.6 Å². The third-order valence-electron chi connectivity index (χ3n) is 6.88. The summed E-state index contributed by atoms with van der Waals surface area (Å²) in [4.78, 5) is 2.53. The molecule has 0 radical (unpaired) electrons. The molecule has 0 saturated carbocycles. The smallest absolute Gasteiger partial charge is 0.119 e. The first kappa shape index (κ1) is 22.1. The molecular weight excluding hydrogens is 392 g/mol. The van der Waals surface area contributed by atoms with Crippen molar-refractivity contribution >= 4 is 0 Å². The average Bonchev–Trinajstić information content (AvgIpc) is 3.31.